The monoisotopic (exact) mass is 473 g/mol. The molecule has 0 bridgehead atoms. The summed E-state index contributed by atoms with van der Waals surface area (Å²) in [7, 11) is 0. The molecule has 2 aromatic carbocycles. The topological polar surface area (TPSA) is 130 Å². The van der Waals surface area contributed by atoms with Gasteiger partial charge in [0.25, 0.3) is 11.8 Å². The van der Waals surface area contributed by atoms with Crippen LogP contribution in [0.25, 0.3) is 11.3 Å². The zero-order valence-corrected chi connectivity index (χ0v) is 19.7. The summed E-state index contributed by atoms with van der Waals surface area (Å²) in [6, 6.07) is 17.6. The van der Waals surface area contributed by atoms with Crippen molar-refractivity contribution < 1.29 is 9.59 Å². The lowest BCUT2D eigenvalue weighted by Crippen LogP contribution is -2.48. The van der Waals surface area contributed by atoms with Gasteiger partial charge in [-0.2, -0.15) is 0 Å². The van der Waals surface area contributed by atoms with E-state index in [0.29, 0.717) is 29.1 Å². The molecule has 4 rings (SSSR count). The molecule has 9 heteroatoms. The second-order valence-electron chi connectivity index (χ2n) is 8.56. The van der Waals surface area contributed by atoms with Crippen molar-refractivity contribution in [2.45, 2.75) is 13.1 Å². The number of piperazine rings is 1. The first-order chi connectivity index (χ1) is 17.0. The van der Waals surface area contributed by atoms with Crippen molar-refractivity contribution in [1.82, 2.24) is 25.1 Å². The Bertz CT molecular complexity index is 1160. The van der Waals surface area contributed by atoms with Gasteiger partial charge < -0.3 is 16.8 Å². The molecule has 0 radical (unpaired) electrons. The molecule has 0 unspecified atom stereocenters. The van der Waals surface area contributed by atoms with Crippen molar-refractivity contribution in [3.8, 4) is 11.3 Å². The predicted octanol–water partition coefficient (Wildman–Crippen LogP) is 1.25. The van der Waals surface area contributed by atoms with Crippen LogP contribution in [0.5, 0.6) is 0 Å². The lowest BCUT2D eigenvalue weighted by atomic mass is 10.1. The van der Waals surface area contributed by atoms with E-state index in [4.69, 9.17) is 11.5 Å². The Labute approximate surface area is 205 Å². The fraction of sp³-hybridized carbons (Fsp3) is 0.308. The van der Waals surface area contributed by atoms with Crippen LogP contribution in [0.4, 0.5) is 0 Å². The molecule has 0 atom stereocenters. The second-order valence-corrected chi connectivity index (χ2v) is 8.56. The number of hydrogen-bond acceptors (Lipinski definition) is 7. The third kappa shape index (κ3) is 6.48. The smallest absolute Gasteiger partial charge is 0.269 e. The largest absolute Gasteiger partial charge is 0.364 e. The van der Waals surface area contributed by atoms with E-state index in [1.807, 2.05) is 12.1 Å². The zero-order chi connectivity index (χ0) is 24.6. The summed E-state index contributed by atoms with van der Waals surface area (Å²) in [6.07, 6.45) is 1.53. The predicted molar refractivity (Wildman–Crippen MR) is 134 cm³/mol. The molecule has 182 valence electrons. The van der Waals surface area contributed by atoms with E-state index < -0.39 is 5.91 Å². The Morgan fingerprint density at radius 2 is 1.71 bits per heavy atom. The lowest BCUT2D eigenvalue weighted by Gasteiger charge is -2.34. The molecule has 9 nitrogen and oxygen atoms in total. The minimum atomic E-state index is -0.686. The van der Waals surface area contributed by atoms with E-state index in [1.54, 1.807) is 18.2 Å². The van der Waals surface area contributed by atoms with E-state index >= 15 is 0 Å². The highest BCUT2D eigenvalue weighted by Gasteiger charge is 2.17. The summed E-state index contributed by atoms with van der Waals surface area (Å²) in [6.45, 7) is 6.41. The van der Waals surface area contributed by atoms with Gasteiger partial charge in [-0.1, -0.05) is 42.5 Å². The van der Waals surface area contributed by atoms with Crippen LogP contribution in [0.2, 0.25) is 0 Å². The van der Waals surface area contributed by atoms with Gasteiger partial charge >= 0.3 is 0 Å². The molecule has 1 aliphatic heterocycles. The maximum atomic E-state index is 12.7. The molecular weight excluding hydrogens is 442 g/mol. The number of nitrogens with one attached hydrogen (secondary N) is 1. The zero-order valence-electron chi connectivity index (χ0n) is 19.7. The number of rotatable bonds is 9. The van der Waals surface area contributed by atoms with Gasteiger partial charge in [0.15, 0.2) is 5.69 Å². The van der Waals surface area contributed by atoms with Crippen LogP contribution in [-0.2, 0) is 13.1 Å². The minimum absolute atomic E-state index is 0.0451. The van der Waals surface area contributed by atoms with Crippen LogP contribution in [0.3, 0.4) is 0 Å². The van der Waals surface area contributed by atoms with Crippen molar-refractivity contribution >= 4 is 11.8 Å². The number of hydrogen-bond donors (Lipinski definition) is 3. The van der Waals surface area contributed by atoms with Gasteiger partial charge in [-0.3, -0.25) is 24.4 Å². The van der Waals surface area contributed by atoms with Gasteiger partial charge in [-0.15, -0.1) is 0 Å². The molecule has 0 saturated carbocycles. The van der Waals surface area contributed by atoms with Crippen molar-refractivity contribution in [2.75, 3.05) is 39.3 Å². The Kier molecular flexibility index (Phi) is 8.15. The highest BCUT2D eigenvalue weighted by atomic mass is 16.2. The Morgan fingerprint density at radius 1 is 0.971 bits per heavy atom. The number of nitrogens with two attached hydrogens (primary N) is 2. The van der Waals surface area contributed by atoms with Gasteiger partial charge in [0.2, 0.25) is 0 Å². The number of primary amides is 1. The van der Waals surface area contributed by atoms with Gasteiger partial charge in [0.1, 0.15) is 0 Å². The first-order valence-corrected chi connectivity index (χ1v) is 11.8. The Balaban J connectivity index is 1.28. The fourth-order valence-corrected chi connectivity index (χ4v) is 4.16. The summed E-state index contributed by atoms with van der Waals surface area (Å²) in [5, 5.41) is 3.00. The van der Waals surface area contributed by atoms with Crippen LogP contribution < -0.4 is 16.8 Å². The second kappa shape index (κ2) is 11.7. The third-order valence-corrected chi connectivity index (χ3v) is 6.12. The molecule has 3 aromatic rings. The van der Waals surface area contributed by atoms with Crippen LogP contribution >= 0.6 is 0 Å². The summed E-state index contributed by atoms with van der Waals surface area (Å²) < 4.78 is 0. The molecule has 2 amide bonds. The van der Waals surface area contributed by atoms with Gasteiger partial charge in [0, 0.05) is 63.5 Å². The third-order valence-electron chi connectivity index (χ3n) is 6.12. The molecule has 0 aliphatic carbocycles. The van der Waals surface area contributed by atoms with E-state index in [2.05, 4.69) is 49.4 Å². The first kappa shape index (κ1) is 24.5. The molecule has 35 heavy (non-hydrogen) atoms. The van der Waals surface area contributed by atoms with Crippen molar-refractivity contribution in [2.24, 2.45) is 11.5 Å². The van der Waals surface area contributed by atoms with E-state index in [9.17, 15) is 9.59 Å². The first-order valence-electron chi connectivity index (χ1n) is 11.8. The lowest BCUT2D eigenvalue weighted by molar-refractivity contribution is 0.0933. The van der Waals surface area contributed by atoms with Crippen molar-refractivity contribution in [3.05, 3.63) is 83.3 Å². The fourth-order valence-electron chi connectivity index (χ4n) is 4.16. The summed E-state index contributed by atoms with van der Waals surface area (Å²) in [5.74, 6) is -0.842. The van der Waals surface area contributed by atoms with E-state index in [1.165, 1.54) is 11.8 Å². The molecule has 0 spiro atoms. The molecule has 2 heterocycles. The van der Waals surface area contributed by atoms with Gasteiger partial charge in [-0.25, -0.2) is 4.98 Å². The van der Waals surface area contributed by atoms with Crippen LogP contribution in [0, 0.1) is 0 Å². The van der Waals surface area contributed by atoms with Crippen molar-refractivity contribution in [3.63, 3.8) is 0 Å². The maximum Gasteiger partial charge on any atom is 0.269 e. The summed E-state index contributed by atoms with van der Waals surface area (Å²) >= 11 is 0. The molecule has 1 fully saturated rings. The van der Waals surface area contributed by atoms with E-state index in [0.717, 1.165) is 39.3 Å². The molecular formula is C26H31N7O2. The Hall–Kier alpha value is -3.66. The number of carbonyl (C=O) groups is 2. The average Bonchev–Trinajstić information content (AvgIpc) is 2.90. The SMILES string of the molecule is NCc1ncc(-c2cccc(C(=O)NCCN3CCN(Cc4ccccc4)CC3)c2)nc1C(N)=O. The highest BCUT2D eigenvalue weighted by molar-refractivity contribution is 5.95. The standard InChI is InChI=1S/C26H31N7O2/c27-16-22-24(25(28)34)31-23(17-30-22)20-7-4-8-21(15-20)26(35)29-9-10-32-11-13-33(14-12-32)18-19-5-2-1-3-6-19/h1-8,15,17H,9-14,16,18,27H2,(H2,28,34)(H,29,35). The van der Waals surface area contributed by atoms with Crippen LogP contribution in [0.15, 0.2) is 60.8 Å². The number of nitrogens with zero attached hydrogens (tertiary/aromatic N) is 4. The average molecular weight is 474 g/mol. The highest BCUT2D eigenvalue weighted by Crippen LogP contribution is 2.19. The molecule has 1 aromatic heterocycles. The number of amides is 2. The van der Waals surface area contributed by atoms with Crippen LogP contribution in [-0.4, -0.2) is 70.9 Å². The summed E-state index contributed by atoms with van der Waals surface area (Å²) in [5.41, 5.74) is 14.4. The van der Waals surface area contributed by atoms with Crippen LogP contribution in [0.1, 0.15) is 32.1 Å². The Morgan fingerprint density at radius 3 is 2.43 bits per heavy atom. The molecule has 1 aliphatic rings. The number of benzene rings is 2. The number of carbonyl (C=O) groups excluding carboxylic acids is 2. The minimum Gasteiger partial charge on any atom is -0.364 e. The van der Waals surface area contributed by atoms with Crippen molar-refractivity contribution in [1.29, 1.82) is 0 Å². The summed E-state index contributed by atoms with van der Waals surface area (Å²) in [4.78, 5) is 37.8. The number of aromatic nitrogens is 2. The van der Waals surface area contributed by atoms with Gasteiger partial charge in [-0.05, 0) is 17.7 Å². The quantitative estimate of drug-likeness (QED) is 0.426. The molecule has 1 saturated heterocycles. The normalized spacial score (nSPS) is 14.5. The maximum absolute atomic E-state index is 12.7. The van der Waals surface area contributed by atoms with Gasteiger partial charge in [0.05, 0.1) is 17.6 Å². The molecule has 5 N–H and O–H groups in total. The van der Waals surface area contributed by atoms with E-state index in [-0.39, 0.29) is 18.1 Å².